The van der Waals surface area contributed by atoms with Gasteiger partial charge in [0.05, 0.1) is 66.1 Å². The molecule has 0 N–H and O–H groups in total. The first kappa shape index (κ1) is 19.5. The molecule has 0 spiro atoms. The Hall–Kier alpha value is 0.500. The van der Waals surface area contributed by atoms with E-state index in [2.05, 4.69) is 0 Å². The summed E-state index contributed by atoms with van der Waals surface area (Å²) in [5.74, 6) is 4.09. The Labute approximate surface area is 136 Å². The second kappa shape index (κ2) is 16.9. The third-order valence-electron chi connectivity index (χ3n) is 2.60. The molecule has 0 unspecified atom stereocenters. The van der Waals surface area contributed by atoms with Crippen LogP contribution in [0.25, 0.3) is 0 Å². The van der Waals surface area contributed by atoms with E-state index in [0.29, 0.717) is 39.6 Å². The summed E-state index contributed by atoms with van der Waals surface area (Å²) < 4.78 is 27.4. The molecule has 1 rings (SSSR count). The van der Waals surface area contributed by atoms with Gasteiger partial charge in [0.2, 0.25) is 0 Å². The smallest absolute Gasteiger partial charge is 0.0701 e. The lowest BCUT2D eigenvalue weighted by molar-refractivity contribution is 0.00146. The normalized spacial score (nSPS) is 24.0. The maximum atomic E-state index is 5.57. The molecule has 21 heavy (non-hydrogen) atoms. The number of hydrogen-bond acceptors (Lipinski definition) is 7. The minimum atomic E-state index is 0.616. The van der Waals surface area contributed by atoms with Crippen LogP contribution in [0, 0.1) is 0 Å². The van der Waals surface area contributed by atoms with E-state index < -0.39 is 0 Å². The van der Waals surface area contributed by atoms with E-state index in [9.17, 15) is 0 Å². The Morgan fingerprint density at radius 3 is 0.905 bits per heavy atom. The molecule has 1 aliphatic rings. The van der Waals surface area contributed by atoms with Crippen LogP contribution in [0.5, 0.6) is 0 Å². The van der Waals surface area contributed by atoms with Crippen LogP contribution in [0.4, 0.5) is 0 Å². The van der Waals surface area contributed by atoms with Gasteiger partial charge in [-0.15, -0.1) is 0 Å². The van der Waals surface area contributed by atoms with Gasteiger partial charge in [0.1, 0.15) is 0 Å². The van der Waals surface area contributed by atoms with Crippen LogP contribution in [0.2, 0.25) is 0 Å². The Bertz CT molecular complexity index is 118. The summed E-state index contributed by atoms with van der Waals surface area (Å²) >= 11 is 3.74. The molecule has 0 aliphatic carbocycles. The van der Waals surface area contributed by atoms with E-state index in [0.717, 1.165) is 49.4 Å². The van der Waals surface area contributed by atoms with E-state index in [-0.39, 0.29) is 0 Å². The van der Waals surface area contributed by atoms with Crippen LogP contribution >= 0.6 is 23.5 Å². The SMILES string of the molecule is C1COCCOCCSCCOCCSCCOCCO1. The van der Waals surface area contributed by atoms with Crippen molar-refractivity contribution in [1.29, 1.82) is 0 Å². The van der Waals surface area contributed by atoms with Gasteiger partial charge in [-0.2, -0.15) is 23.5 Å². The van der Waals surface area contributed by atoms with Crippen LogP contribution in [-0.4, -0.2) is 89.1 Å². The fourth-order valence-electron chi connectivity index (χ4n) is 1.54. The molecular weight excluding hydrogens is 312 g/mol. The van der Waals surface area contributed by atoms with Gasteiger partial charge in [0.25, 0.3) is 0 Å². The third-order valence-corrected chi connectivity index (χ3v) is 4.43. The van der Waals surface area contributed by atoms with Crippen molar-refractivity contribution >= 4 is 23.5 Å². The standard InChI is InChI=1S/C14H28O5S2/c1-2-16-4-6-18-8-12-21-14-10-19-9-13-20-11-7-17-5-3-15-1/h1-14H2. The zero-order chi connectivity index (χ0) is 14.8. The molecule has 1 saturated heterocycles. The third kappa shape index (κ3) is 15.2. The first-order valence-electron chi connectivity index (χ1n) is 7.54. The highest BCUT2D eigenvalue weighted by atomic mass is 32.2. The molecule has 0 bridgehead atoms. The van der Waals surface area contributed by atoms with E-state index in [1.807, 2.05) is 23.5 Å². The maximum absolute atomic E-state index is 5.57. The topological polar surface area (TPSA) is 46.2 Å². The zero-order valence-electron chi connectivity index (χ0n) is 12.8. The van der Waals surface area contributed by atoms with Gasteiger partial charge in [-0.05, 0) is 0 Å². The number of hydrogen-bond donors (Lipinski definition) is 0. The van der Waals surface area contributed by atoms with Crippen molar-refractivity contribution in [1.82, 2.24) is 0 Å². The molecule has 7 heteroatoms. The summed E-state index contributed by atoms with van der Waals surface area (Å²) in [4.78, 5) is 0. The van der Waals surface area contributed by atoms with Crippen LogP contribution in [-0.2, 0) is 23.7 Å². The molecule has 0 aromatic rings. The molecule has 0 aromatic carbocycles. The van der Waals surface area contributed by atoms with Crippen molar-refractivity contribution in [2.24, 2.45) is 0 Å². The Morgan fingerprint density at radius 2 is 0.571 bits per heavy atom. The molecular formula is C14H28O5S2. The van der Waals surface area contributed by atoms with Gasteiger partial charge < -0.3 is 23.7 Å². The van der Waals surface area contributed by atoms with Gasteiger partial charge in [0.15, 0.2) is 0 Å². The highest BCUT2D eigenvalue weighted by molar-refractivity contribution is 7.99. The summed E-state index contributed by atoms with van der Waals surface area (Å²) in [6, 6.07) is 0. The molecule has 0 aromatic heterocycles. The average molecular weight is 341 g/mol. The van der Waals surface area contributed by atoms with Gasteiger partial charge in [-0.1, -0.05) is 0 Å². The molecule has 126 valence electrons. The summed E-state index contributed by atoms with van der Waals surface area (Å²) in [5, 5.41) is 0. The summed E-state index contributed by atoms with van der Waals surface area (Å²) in [7, 11) is 0. The second-order valence-electron chi connectivity index (χ2n) is 4.29. The molecule has 5 nitrogen and oxygen atoms in total. The summed E-state index contributed by atoms with van der Waals surface area (Å²) in [6.45, 7) is 6.99. The Morgan fingerprint density at radius 1 is 0.333 bits per heavy atom. The van der Waals surface area contributed by atoms with Crippen molar-refractivity contribution < 1.29 is 23.7 Å². The van der Waals surface area contributed by atoms with Crippen molar-refractivity contribution in [3.8, 4) is 0 Å². The fourth-order valence-corrected chi connectivity index (χ4v) is 2.89. The highest BCUT2D eigenvalue weighted by Crippen LogP contribution is 2.02. The Kier molecular flexibility index (Phi) is 15.7. The molecule has 1 aliphatic heterocycles. The van der Waals surface area contributed by atoms with Crippen LogP contribution in [0.3, 0.4) is 0 Å². The first-order chi connectivity index (χ1) is 10.5. The van der Waals surface area contributed by atoms with Gasteiger partial charge in [0, 0.05) is 23.0 Å². The average Bonchev–Trinajstić information content (AvgIpc) is 2.50. The highest BCUT2D eigenvalue weighted by Gasteiger charge is 1.96. The van der Waals surface area contributed by atoms with Gasteiger partial charge >= 0.3 is 0 Å². The second-order valence-corrected chi connectivity index (χ2v) is 6.74. The van der Waals surface area contributed by atoms with E-state index >= 15 is 0 Å². The monoisotopic (exact) mass is 340 g/mol. The quantitative estimate of drug-likeness (QED) is 0.663. The number of thioether (sulfide) groups is 2. The summed E-state index contributed by atoms with van der Waals surface area (Å²) in [6.07, 6.45) is 0. The molecule has 0 amide bonds. The molecule has 0 atom stereocenters. The van der Waals surface area contributed by atoms with Crippen molar-refractivity contribution in [2.75, 3.05) is 89.1 Å². The lowest BCUT2D eigenvalue weighted by atomic mass is 10.7. The summed E-state index contributed by atoms with van der Waals surface area (Å²) in [5.41, 5.74) is 0. The van der Waals surface area contributed by atoms with Crippen LogP contribution < -0.4 is 0 Å². The van der Waals surface area contributed by atoms with Gasteiger partial charge in [-0.25, -0.2) is 0 Å². The minimum Gasteiger partial charge on any atom is -0.380 e. The van der Waals surface area contributed by atoms with Crippen LogP contribution in [0.15, 0.2) is 0 Å². The lowest BCUT2D eigenvalue weighted by Crippen LogP contribution is -2.12. The minimum absolute atomic E-state index is 0.616. The van der Waals surface area contributed by atoms with E-state index in [1.54, 1.807) is 0 Å². The molecule has 0 saturated carbocycles. The molecule has 1 heterocycles. The van der Waals surface area contributed by atoms with Crippen molar-refractivity contribution in [3.05, 3.63) is 0 Å². The molecule has 1 fully saturated rings. The lowest BCUT2D eigenvalue weighted by Gasteiger charge is -2.07. The maximum Gasteiger partial charge on any atom is 0.0701 e. The number of ether oxygens (including phenoxy) is 5. The van der Waals surface area contributed by atoms with Crippen molar-refractivity contribution in [3.63, 3.8) is 0 Å². The van der Waals surface area contributed by atoms with Gasteiger partial charge in [-0.3, -0.25) is 0 Å². The predicted molar refractivity (Wildman–Crippen MR) is 88.7 cm³/mol. The predicted octanol–water partition coefficient (Wildman–Crippen LogP) is 1.55. The zero-order valence-corrected chi connectivity index (χ0v) is 14.4. The van der Waals surface area contributed by atoms with E-state index in [1.165, 1.54) is 0 Å². The Balaban J connectivity index is 2.00. The van der Waals surface area contributed by atoms with E-state index in [4.69, 9.17) is 23.7 Å². The molecule has 0 radical (unpaired) electrons. The largest absolute Gasteiger partial charge is 0.380 e. The first-order valence-corrected chi connectivity index (χ1v) is 9.85. The van der Waals surface area contributed by atoms with Crippen LogP contribution in [0.1, 0.15) is 0 Å². The fraction of sp³-hybridized carbons (Fsp3) is 1.00. The van der Waals surface area contributed by atoms with Crippen molar-refractivity contribution in [2.45, 2.75) is 0 Å². The number of rotatable bonds is 0.